The van der Waals surface area contributed by atoms with E-state index in [4.69, 9.17) is 21.6 Å². The van der Waals surface area contributed by atoms with Crippen molar-refractivity contribution in [1.82, 2.24) is 25.3 Å². The molecular weight excluding hydrogens is 726 g/mol. The number of hydrogen-bond acceptors (Lipinski definition) is 12. The first-order chi connectivity index (χ1) is 26.6. The van der Waals surface area contributed by atoms with Crippen molar-refractivity contribution in [2.24, 2.45) is 11.8 Å². The highest BCUT2D eigenvalue weighted by Gasteiger charge is 2.44. The highest BCUT2D eigenvalue weighted by Crippen LogP contribution is 2.38. The number of ether oxygens (including phenoxy) is 1. The molecule has 2 aromatic carbocycles. The zero-order chi connectivity index (χ0) is 38.2. The molecule has 2 unspecified atom stereocenters. The van der Waals surface area contributed by atoms with E-state index in [-0.39, 0.29) is 36.7 Å². The van der Waals surface area contributed by atoms with E-state index in [0.717, 1.165) is 70.2 Å². The minimum atomic E-state index is -1.24. The molecular formula is C39H42ClN9O6. The monoisotopic (exact) mass is 767 g/mol. The predicted octanol–water partition coefficient (Wildman–Crippen LogP) is 3.09. The molecule has 3 aromatic rings. The number of hydrogen-bond donors (Lipinski definition) is 3. The standard InChI is InChI=1S/C39H42ClN9O6/c40-31-20-27(3-1-24(31)21-41)55-28-17-25(18-28)36(51)42-33-6-7-34(45-44-33)48-11-9-23(10-12-48)22-46-13-15-47(16-14-46)26-2-4-29-30(19-26)39(54)49(38(29)53)32-5-8-35(50)43-37(32)52/h1-4,6-7,19-20,23,25,28,32,39,54H,5,8-18,22H2,(H,42,44,51)(H,43,50,52). The summed E-state index contributed by atoms with van der Waals surface area (Å²) in [6, 6.07) is 15.3. The number of carbonyl (C=O) groups is 4. The van der Waals surface area contributed by atoms with Crippen LogP contribution >= 0.6 is 11.6 Å². The van der Waals surface area contributed by atoms with Crippen molar-refractivity contribution in [1.29, 1.82) is 5.26 Å². The van der Waals surface area contributed by atoms with Crippen LogP contribution in [-0.4, -0.2) is 107 Å². The third-order valence-corrected chi connectivity index (χ3v) is 11.8. The van der Waals surface area contributed by atoms with Gasteiger partial charge in [0.2, 0.25) is 17.7 Å². The van der Waals surface area contributed by atoms with Crippen LogP contribution in [0, 0.1) is 23.2 Å². The smallest absolute Gasteiger partial charge is 0.257 e. The molecule has 0 radical (unpaired) electrons. The number of fused-ring (bicyclic) bond motifs is 1. The number of amides is 4. The van der Waals surface area contributed by atoms with Crippen LogP contribution in [0.2, 0.25) is 5.02 Å². The molecule has 5 aliphatic rings. The lowest BCUT2D eigenvalue weighted by Gasteiger charge is -2.40. The van der Waals surface area contributed by atoms with E-state index in [9.17, 15) is 24.3 Å². The summed E-state index contributed by atoms with van der Waals surface area (Å²) >= 11 is 6.10. The van der Waals surface area contributed by atoms with Crippen LogP contribution in [0.5, 0.6) is 5.75 Å². The molecule has 8 rings (SSSR count). The van der Waals surface area contributed by atoms with Gasteiger partial charge in [-0.2, -0.15) is 5.26 Å². The van der Waals surface area contributed by atoms with E-state index < -0.39 is 24.1 Å². The first-order valence-electron chi connectivity index (χ1n) is 18.8. The normalized spacial score (nSPS) is 24.5. The number of nitrogens with one attached hydrogen (secondary N) is 2. The number of imide groups is 1. The fourth-order valence-corrected chi connectivity index (χ4v) is 8.44. The number of aliphatic hydroxyl groups is 1. The number of aromatic nitrogens is 2. The number of aliphatic hydroxyl groups excluding tert-OH is 1. The minimum absolute atomic E-state index is 0.0935. The van der Waals surface area contributed by atoms with Crippen LogP contribution in [-0.2, 0) is 14.4 Å². The average Bonchev–Trinajstić information content (AvgIpc) is 3.42. The van der Waals surface area contributed by atoms with Crippen LogP contribution in [0.1, 0.15) is 66.2 Å². The van der Waals surface area contributed by atoms with Gasteiger partial charge >= 0.3 is 0 Å². The van der Waals surface area contributed by atoms with Crippen LogP contribution < -0.4 is 25.2 Å². The first kappa shape index (κ1) is 36.7. The maximum absolute atomic E-state index is 13.1. The third kappa shape index (κ3) is 7.67. The largest absolute Gasteiger partial charge is 0.490 e. The topological polar surface area (TPSA) is 184 Å². The van der Waals surface area contributed by atoms with Crippen LogP contribution in [0.3, 0.4) is 0 Å². The van der Waals surface area contributed by atoms with Crippen LogP contribution in [0.25, 0.3) is 0 Å². The highest BCUT2D eigenvalue weighted by molar-refractivity contribution is 6.31. The van der Waals surface area contributed by atoms with Gasteiger partial charge in [0, 0.05) is 81.0 Å². The zero-order valence-corrected chi connectivity index (χ0v) is 31.0. The van der Waals surface area contributed by atoms with Gasteiger partial charge in [0.05, 0.1) is 10.6 Å². The number of anilines is 3. The Kier molecular flexibility index (Phi) is 10.3. The lowest BCUT2D eigenvalue weighted by Crippen LogP contribution is -2.53. The van der Waals surface area contributed by atoms with Crippen molar-refractivity contribution in [2.75, 3.05) is 60.9 Å². The lowest BCUT2D eigenvalue weighted by atomic mass is 9.81. The van der Waals surface area contributed by atoms with Crippen molar-refractivity contribution in [3.05, 3.63) is 70.2 Å². The van der Waals surface area contributed by atoms with Gasteiger partial charge in [0.25, 0.3) is 5.91 Å². The van der Waals surface area contributed by atoms with E-state index in [1.807, 2.05) is 24.3 Å². The van der Waals surface area contributed by atoms with Gasteiger partial charge in [-0.05, 0) is 80.5 Å². The fourth-order valence-electron chi connectivity index (χ4n) is 8.23. The molecule has 1 aromatic heterocycles. The van der Waals surface area contributed by atoms with Crippen molar-refractivity contribution in [3.8, 4) is 11.8 Å². The number of carbonyl (C=O) groups excluding carboxylic acids is 4. The second-order valence-electron chi connectivity index (χ2n) is 15.0. The zero-order valence-electron chi connectivity index (χ0n) is 30.2. The van der Waals surface area contributed by atoms with Crippen LogP contribution in [0.15, 0.2) is 48.5 Å². The minimum Gasteiger partial charge on any atom is -0.490 e. The Morgan fingerprint density at radius 1 is 0.964 bits per heavy atom. The summed E-state index contributed by atoms with van der Waals surface area (Å²) in [6.45, 7) is 6.22. The third-order valence-electron chi connectivity index (χ3n) is 11.5. The molecule has 3 N–H and O–H groups in total. The summed E-state index contributed by atoms with van der Waals surface area (Å²) in [5.74, 6) is 0.763. The first-order valence-corrected chi connectivity index (χ1v) is 19.2. The molecule has 5 heterocycles. The van der Waals surface area contributed by atoms with Gasteiger partial charge in [-0.25, -0.2) is 0 Å². The maximum atomic E-state index is 13.1. The molecule has 15 nitrogen and oxygen atoms in total. The van der Waals surface area contributed by atoms with E-state index in [0.29, 0.717) is 52.0 Å². The van der Waals surface area contributed by atoms with Crippen molar-refractivity contribution < 1.29 is 29.0 Å². The molecule has 55 heavy (non-hydrogen) atoms. The molecule has 286 valence electrons. The Bertz CT molecular complexity index is 2020. The summed E-state index contributed by atoms with van der Waals surface area (Å²) in [5, 5.41) is 34.3. The van der Waals surface area contributed by atoms with Gasteiger partial charge in [-0.3, -0.25) is 34.3 Å². The van der Waals surface area contributed by atoms with Gasteiger partial charge < -0.3 is 25.0 Å². The molecule has 1 saturated carbocycles. The summed E-state index contributed by atoms with van der Waals surface area (Å²) < 4.78 is 5.91. The molecule has 2 atom stereocenters. The highest BCUT2D eigenvalue weighted by atomic mass is 35.5. The Morgan fingerprint density at radius 3 is 2.44 bits per heavy atom. The Morgan fingerprint density at radius 2 is 1.75 bits per heavy atom. The molecule has 16 heteroatoms. The summed E-state index contributed by atoms with van der Waals surface area (Å²) in [4.78, 5) is 58.2. The molecule has 0 spiro atoms. The molecule has 3 saturated heterocycles. The molecule has 4 amide bonds. The second kappa shape index (κ2) is 15.4. The Labute approximate surface area is 323 Å². The fraction of sp³-hybridized carbons (Fsp3) is 0.462. The quantitative estimate of drug-likeness (QED) is 0.271. The van der Waals surface area contributed by atoms with Crippen molar-refractivity contribution >= 4 is 52.6 Å². The van der Waals surface area contributed by atoms with E-state index in [2.05, 4.69) is 35.5 Å². The Hall–Kier alpha value is -5.30. The number of piperazine rings is 1. The second-order valence-corrected chi connectivity index (χ2v) is 15.4. The number of nitriles is 1. The van der Waals surface area contributed by atoms with E-state index in [1.165, 1.54) is 4.90 Å². The van der Waals surface area contributed by atoms with Gasteiger partial charge in [-0.15, -0.1) is 10.2 Å². The summed E-state index contributed by atoms with van der Waals surface area (Å²) in [6.07, 6.45) is 2.24. The van der Waals surface area contributed by atoms with E-state index in [1.54, 1.807) is 30.3 Å². The molecule has 4 aliphatic heterocycles. The van der Waals surface area contributed by atoms with Gasteiger partial charge in [-0.1, -0.05) is 11.6 Å². The van der Waals surface area contributed by atoms with Crippen LogP contribution in [0.4, 0.5) is 17.3 Å². The molecule has 1 aliphatic carbocycles. The lowest BCUT2D eigenvalue weighted by molar-refractivity contribution is -0.139. The number of nitrogens with zero attached hydrogens (tertiary/aromatic N) is 7. The van der Waals surface area contributed by atoms with Crippen molar-refractivity contribution in [3.63, 3.8) is 0 Å². The molecule has 0 bridgehead atoms. The van der Waals surface area contributed by atoms with E-state index >= 15 is 0 Å². The number of benzene rings is 2. The Balaban J connectivity index is 0.754. The number of piperidine rings is 2. The summed E-state index contributed by atoms with van der Waals surface area (Å²) in [5.41, 5.74) is 2.21. The predicted molar refractivity (Wildman–Crippen MR) is 201 cm³/mol. The summed E-state index contributed by atoms with van der Waals surface area (Å²) in [7, 11) is 0. The number of rotatable bonds is 9. The van der Waals surface area contributed by atoms with Gasteiger partial charge in [0.15, 0.2) is 17.9 Å². The van der Waals surface area contributed by atoms with Gasteiger partial charge in [0.1, 0.15) is 24.0 Å². The SMILES string of the molecule is N#Cc1ccc(OC2CC(C(=O)Nc3ccc(N4CCC(CN5CCN(c6ccc7c(c6)C(O)N(C6CCC(=O)NC6=O)C7=O)CC5)CC4)nn3)C2)cc1Cl. The molecule has 4 fully saturated rings. The van der Waals surface area contributed by atoms with Crippen molar-refractivity contribution in [2.45, 2.75) is 56.9 Å². The maximum Gasteiger partial charge on any atom is 0.257 e. The number of halogens is 1. The average molecular weight is 768 g/mol.